The molecule has 5 nitrogen and oxygen atoms in total. The summed E-state index contributed by atoms with van der Waals surface area (Å²) in [6, 6.07) is 0. The lowest BCUT2D eigenvalue weighted by molar-refractivity contribution is 0.102. The van der Waals surface area contributed by atoms with E-state index in [-0.39, 0.29) is 11.6 Å². The van der Waals surface area contributed by atoms with Crippen molar-refractivity contribution in [3.8, 4) is 0 Å². The van der Waals surface area contributed by atoms with Gasteiger partial charge >= 0.3 is 0 Å². The van der Waals surface area contributed by atoms with Crippen molar-refractivity contribution in [1.29, 1.82) is 0 Å². The van der Waals surface area contributed by atoms with Crippen LogP contribution in [-0.4, -0.2) is 20.7 Å². The molecule has 0 saturated heterocycles. The number of thiazole rings is 1. The first-order chi connectivity index (χ1) is 8.40. The van der Waals surface area contributed by atoms with Gasteiger partial charge in [0.1, 0.15) is 0 Å². The van der Waals surface area contributed by atoms with Crippen LogP contribution in [0.25, 0.3) is 0 Å². The zero-order chi connectivity index (χ0) is 13.4. The molecule has 0 radical (unpaired) electrons. The van der Waals surface area contributed by atoms with E-state index in [2.05, 4.69) is 15.4 Å². The summed E-state index contributed by atoms with van der Waals surface area (Å²) in [6.45, 7) is 5.67. The molecular formula is C11H13ClN4OS. The van der Waals surface area contributed by atoms with Crippen LogP contribution in [0.1, 0.15) is 26.8 Å². The predicted molar refractivity (Wildman–Crippen MR) is 72.5 cm³/mol. The number of amides is 1. The summed E-state index contributed by atoms with van der Waals surface area (Å²) in [5.41, 5.74) is 1.90. The highest BCUT2D eigenvalue weighted by atomic mass is 35.5. The van der Waals surface area contributed by atoms with Gasteiger partial charge in [-0.25, -0.2) is 4.98 Å². The van der Waals surface area contributed by atoms with E-state index in [1.54, 1.807) is 11.7 Å². The second-order valence-corrected chi connectivity index (χ2v) is 5.57. The lowest BCUT2D eigenvalue weighted by Crippen LogP contribution is -2.13. The fraction of sp³-hybridized carbons (Fsp3) is 0.364. The standard InChI is InChI=1S/C11H13ClN4OS/c1-5-7(3)18-11(13-5)14-10(17)9-8(12)6(2)16(4)15-9/h1-4H3,(H,13,14,17). The largest absolute Gasteiger partial charge is 0.296 e. The smallest absolute Gasteiger partial charge is 0.279 e. The van der Waals surface area contributed by atoms with Crippen LogP contribution in [0.4, 0.5) is 5.13 Å². The minimum Gasteiger partial charge on any atom is -0.296 e. The molecule has 2 aromatic heterocycles. The zero-order valence-electron chi connectivity index (χ0n) is 10.5. The highest BCUT2D eigenvalue weighted by Crippen LogP contribution is 2.24. The topological polar surface area (TPSA) is 59.8 Å². The Kier molecular flexibility index (Phi) is 3.41. The van der Waals surface area contributed by atoms with Crippen LogP contribution in [0.15, 0.2) is 0 Å². The first kappa shape index (κ1) is 13.0. The molecule has 2 rings (SSSR count). The van der Waals surface area contributed by atoms with Crippen molar-refractivity contribution >= 4 is 34.0 Å². The molecule has 2 heterocycles. The van der Waals surface area contributed by atoms with Gasteiger partial charge in [-0.05, 0) is 20.8 Å². The molecule has 1 N–H and O–H groups in total. The van der Waals surface area contributed by atoms with Gasteiger partial charge in [-0.15, -0.1) is 11.3 Å². The number of nitrogens with zero attached hydrogens (tertiary/aromatic N) is 3. The monoisotopic (exact) mass is 284 g/mol. The number of halogens is 1. The third-order valence-electron chi connectivity index (χ3n) is 2.73. The maximum atomic E-state index is 12.0. The number of hydrogen-bond acceptors (Lipinski definition) is 4. The third kappa shape index (κ3) is 2.26. The Morgan fingerprint density at radius 2 is 2.06 bits per heavy atom. The van der Waals surface area contributed by atoms with Crippen molar-refractivity contribution in [1.82, 2.24) is 14.8 Å². The van der Waals surface area contributed by atoms with Crippen molar-refractivity contribution in [3.63, 3.8) is 0 Å². The van der Waals surface area contributed by atoms with Crippen molar-refractivity contribution in [2.75, 3.05) is 5.32 Å². The summed E-state index contributed by atoms with van der Waals surface area (Å²) >= 11 is 7.48. The van der Waals surface area contributed by atoms with Gasteiger partial charge in [0.25, 0.3) is 5.91 Å². The molecule has 96 valence electrons. The molecule has 7 heteroatoms. The lowest BCUT2D eigenvalue weighted by atomic mass is 10.3. The van der Waals surface area contributed by atoms with Crippen molar-refractivity contribution in [2.24, 2.45) is 7.05 Å². The average molecular weight is 285 g/mol. The SMILES string of the molecule is Cc1nc(NC(=O)c2nn(C)c(C)c2Cl)sc1C. The number of rotatable bonds is 2. The number of aryl methyl sites for hydroxylation is 3. The average Bonchev–Trinajstić information content (AvgIpc) is 2.74. The van der Waals surface area contributed by atoms with E-state index < -0.39 is 0 Å². The Bertz CT molecular complexity index is 597. The molecule has 0 aromatic carbocycles. The van der Waals surface area contributed by atoms with Crippen molar-refractivity contribution in [2.45, 2.75) is 20.8 Å². The Hall–Kier alpha value is -1.40. The van der Waals surface area contributed by atoms with E-state index in [9.17, 15) is 4.79 Å². The van der Waals surface area contributed by atoms with Gasteiger partial charge in [0, 0.05) is 11.9 Å². The maximum absolute atomic E-state index is 12.0. The first-order valence-corrected chi connectivity index (χ1v) is 6.54. The van der Waals surface area contributed by atoms with Crippen LogP contribution in [0, 0.1) is 20.8 Å². The van der Waals surface area contributed by atoms with Gasteiger partial charge in [-0.1, -0.05) is 11.6 Å². The molecule has 2 aromatic rings. The summed E-state index contributed by atoms with van der Waals surface area (Å²) in [5.74, 6) is -0.336. The van der Waals surface area contributed by atoms with Gasteiger partial charge in [0.15, 0.2) is 10.8 Å². The minimum atomic E-state index is -0.336. The summed E-state index contributed by atoms with van der Waals surface area (Å²) in [4.78, 5) is 17.3. The highest BCUT2D eigenvalue weighted by molar-refractivity contribution is 7.15. The van der Waals surface area contributed by atoms with Crippen molar-refractivity contribution < 1.29 is 4.79 Å². The molecule has 0 aliphatic carbocycles. The molecule has 0 spiro atoms. The normalized spacial score (nSPS) is 10.7. The molecular weight excluding hydrogens is 272 g/mol. The number of carbonyl (C=O) groups excluding carboxylic acids is 1. The Morgan fingerprint density at radius 3 is 2.50 bits per heavy atom. The number of carbonyl (C=O) groups is 1. The van der Waals surface area contributed by atoms with Crippen LogP contribution in [0.5, 0.6) is 0 Å². The van der Waals surface area contributed by atoms with E-state index in [4.69, 9.17) is 11.6 Å². The Morgan fingerprint density at radius 1 is 1.39 bits per heavy atom. The summed E-state index contributed by atoms with van der Waals surface area (Å²) in [5, 5.41) is 7.73. The number of hydrogen-bond donors (Lipinski definition) is 1. The van der Waals surface area contributed by atoms with Gasteiger partial charge in [-0.2, -0.15) is 5.10 Å². The quantitative estimate of drug-likeness (QED) is 0.922. The van der Waals surface area contributed by atoms with Crippen LogP contribution in [0.2, 0.25) is 5.02 Å². The first-order valence-electron chi connectivity index (χ1n) is 5.34. The summed E-state index contributed by atoms with van der Waals surface area (Å²) in [6.07, 6.45) is 0. The third-order valence-corrected chi connectivity index (χ3v) is 4.17. The fourth-order valence-corrected chi connectivity index (χ4v) is 2.47. The van der Waals surface area contributed by atoms with Gasteiger partial charge < -0.3 is 0 Å². The fourth-order valence-electron chi connectivity index (χ4n) is 1.41. The van der Waals surface area contributed by atoms with E-state index in [0.717, 1.165) is 16.3 Å². The molecule has 18 heavy (non-hydrogen) atoms. The Labute approximate surface area is 114 Å². The highest BCUT2D eigenvalue weighted by Gasteiger charge is 2.19. The molecule has 0 aliphatic heterocycles. The summed E-state index contributed by atoms with van der Waals surface area (Å²) < 4.78 is 1.58. The molecule has 0 aliphatic rings. The van der Waals surface area contributed by atoms with Gasteiger partial charge in [0.2, 0.25) is 0 Å². The van der Waals surface area contributed by atoms with Crippen LogP contribution >= 0.6 is 22.9 Å². The van der Waals surface area contributed by atoms with Gasteiger partial charge in [-0.3, -0.25) is 14.8 Å². The zero-order valence-corrected chi connectivity index (χ0v) is 12.1. The minimum absolute atomic E-state index is 0.224. The predicted octanol–water partition coefficient (Wildman–Crippen LogP) is 2.71. The molecule has 0 atom stereocenters. The lowest BCUT2D eigenvalue weighted by Gasteiger charge is -1.98. The Balaban J connectivity index is 2.24. The number of nitrogens with one attached hydrogen (secondary N) is 1. The van der Waals surface area contributed by atoms with Crippen LogP contribution in [-0.2, 0) is 7.05 Å². The maximum Gasteiger partial charge on any atom is 0.279 e. The summed E-state index contributed by atoms with van der Waals surface area (Å²) in [7, 11) is 1.75. The molecule has 0 unspecified atom stereocenters. The van der Waals surface area contributed by atoms with Crippen LogP contribution in [0.3, 0.4) is 0 Å². The molecule has 0 fully saturated rings. The molecule has 1 amide bonds. The second kappa shape index (κ2) is 4.70. The van der Waals surface area contributed by atoms with E-state index in [1.165, 1.54) is 11.3 Å². The molecule has 0 bridgehead atoms. The van der Waals surface area contributed by atoms with E-state index in [1.807, 2.05) is 20.8 Å². The number of aromatic nitrogens is 3. The van der Waals surface area contributed by atoms with Crippen molar-refractivity contribution in [3.05, 3.63) is 27.0 Å². The molecule has 0 saturated carbocycles. The second-order valence-electron chi connectivity index (χ2n) is 3.99. The van der Waals surface area contributed by atoms with E-state index in [0.29, 0.717) is 10.2 Å². The number of anilines is 1. The van der Waals surface area contributed by atoms with Gasteiger partial charge in [0.05, 0.1) is 16.4 Å². The van der Waals surface area contributed by atoms with Crippen LogP contribution < -0.4 is 5.32 Å². The van der Waals surface area contributed by atoms with E-state index >= 15 is 0 Å².